The molecule has 2 N–H and O–H groups in total. The molecule has 3 heterocycles. The summed E-state index contributed by atoms with van der Waals surface area (Å²) in [4.78, 5) is 9.44. The van der Waals surface area contributed by atoms with E-state index in [9.17, 15) is 0 Å². The Hall–Kier alpha value is -2.27. The van der Waals surface area contributed by atoms with Crippen molar-refractivity contribution in [3.63, 3.8) is 0 Å². The SMILES string of the molecule is Cc1cccn2c(C(C)C(N)=S)c(-c3cccnc3)nc12. The molecule has 5 heteroatoms. The Balaban J connectivity index is 2.35. The van der Waals surface area contributed by atoms with Crippen molar-refractivity contribution in [2.45, 2.75) is 19.8 Å². The van der Waals surface area contributed by atoms with Crippen molar-refractivity contribution in [2.75, 3.05) is 0 Å². The number of aromatic nitrogens is 3. The molecule has 3 aromatic heterocycles. The van der Waals surface area contributed by atoms with E-state index >= 15 is 0 Å². The van der Waals surface area contributed by atoms with E-state index in [1.807, 2.05) is 50.5 Å². The van der Waals surface area contributed by atoms with Crippen LogP contribution in [-0.4, -0.2) is 19.4 Å². The van der Waals surface area contributed by atoms with Gasteiger partial charge in [0.1, 0.15) is 5.65 Å². The minimum atomic E-state index is -0.0630. The van der Waals surface area contributed by atoms with Gasteiger partial charge in [-0.2, -0.15) is 0 Å². The average molecular weight is 296 g/mol. The highest BCUT2D eigenvalue weighted by Crippen LogP contribution is 2.30. The van der Waals surface area contributed by atoms with Gasteiger partial charge in [0.25, 0.3) is 0 Å². The van der Waals surface area contributed by atoms with Crippen molar-refractivity contribution >= 4 is 22.9 Å². The van der Waals surface area contributed by atoms with Gasteiger partial charge in [0.05, 0.1) is 16.4 Å². The van der Waals surface area contributed by atoms with Crippen molar-refractivity contribution in [2.24, 2.45) is 5.73 Å². The van der Waals surface area contributed by atoms with Crippen LogP contribution in [0.5, 0.6) is 0 Å². The fraction of sp³-hybridized carbons (Fsp3) is 0.188. The number of aryl methyl sites for hydroxylation is 1. The molecule has 0 fully saturated rings. The number of thiocarbonyl (C=S) groups is 1. The number of pyridine rings is 2. The van der Waals surface area contributed by atoms with Gasteiger partial charge in [-0.15, -0.1) is 0 Å². The number of rotatable bonds is 3. The highest BCUT2D eigenvalue weighted by atomic mass is 32.1. The van der Waals surface area contributed by atoms with Crippen molar-refractivity contribution in [1.82, 2.24) is 14.4 Å². The van der Waals surface area contributed by atoms with Crippen LogP contribution in [0.4, 0.5) is 0 Å². The lowest BCUT2D eigenvalue weighted by atomic mass is 10.0. The zero-order valence-electron chi connectivity index (χ0n) is 11.9. The first-order chi connectivity index (χ1) is 10.1. The molecule has 0 aromatic carbocycles. The molecule has 0 saturated heterocycles. The third kappa shape index (κ3) is 2.29. The van der Waals surface area contributed by atoms with Crippen molar-refractivity contribution in [3.05, 3.63) is 54.1 Å². The highest BCUT2D eigenvalue weighted by Gasteiger charge is 2.21. The molecule has 4 nitrogen and oxygen atoms in total. The summed E-state index contributed by atoms with van der Waals surface area (Å²) in [6.45, 7) is 4.05. The molecule has 0 aliphatic rings. The maximum absolute atomic E-state index is 5.88. The largest absolute Gasteiger partial charge is 0.393 e. The van der Waals surface area contributed by atoms with E-state index in [1.54, 1.807) is 6.20 Å². The second kappa shape index (κ2) is 5.26. The van der Waals surface area contributed by atoms with Gasteiger partial charge >= 0.3 is 0 Å². The summed E-state index contributed by atoms with van der Waals surface area (Å²) in [5.41, 5.74) is 10.8. The van der Waals surface area contributed by atoms with Gasteiger partial charge in [-0.1, -0.05) is 25.2 Å². The summed E-state index contributed by atoms with van der Waals surface area (Å²) in [7, 11) is 0. The predicted molar refractivity (Wildman–Crippen MR) is 88.4 cm³/mol. The minimum Gasteiger partial charge on any atom is -0.393 e. The van der Waals surface area contributed by atoms with Gasteiger partial charge in [0.15, 0.2) is 0 Å². The molecule has 0 spiro atoms. The topological polar surface area (TPSA) is 56.2 Å². The maximum Gasteiger partial charge on any atom is 0.140 e. The van der Waals surface area contributed by atoms with Gasteiger partial charge in [-0.3, -0.25) is 4.98 Å². The van der Waals surface area contributed by atoms with Crippen LogP contribution in [0.2, 0.25) is 0 Å². The molecular formula is C16H16N4S. The second-order valence-electron chi connectivity index (χ2n) is 5.10. The lowest BCUT2D eigenvalue weighted by molar-refractivity contribution is 0.928. The molecule has 3 rings (SSSR count). The van der Waals surface area contributed by atoms with Crippen LogP contribution in [-0.2, 0) is 0 Å². The zero-order valence-corrected chi connectivity index (χ0v) is 12.8. The van der Waals surface area contributed by atoms with Crippen molar-refractivity contribution in [1.29, 1.82) is 0 Å². The molecule has 3 aromatic rings. The second-order valence-corrected chi connectivity index (χ2v) is 5.57. The van der Waals surface area contributed by atoms with Crippen LogP contribution in [0, 0.1) is 6.92 Å². The number of imidazole rings is 1. The summed E-state index contributed by atoms with van der Waals surface area (Å²) < 4.78 is 2.07. The molecule has 0 aliphatic heterocycles. The van der Waals surface area contributed by atoms with E-state index in [2.05, 4.69) is 9.38 Å². The Morgan fingerprint density at radius 2 is 2.14 bits per heavy atom. The first-order valence-electron chi connectivity index (χ1n) is 6.77. The number of fused-ring (bicyclic) bond motifs is 1. The van der Waals surface area contributed by atoms with Crippen LogP contribution in [0.1, 0.15) is 24.1 Å². The van der Waals surface area contributed by atoms with Gasteiger partial charge in [0.2, 0.25) is 0 Å². The molecular weight excluding hydrogens is 280 g/mol. The predicted octanol–water partition coefficient (Wildman–Crippen LogP) is 3.09. The smallest absolute Gasteiger partial charge is 0.140 e. The lowest BCUT2D eigenvalue weighted by Gasteiger charge is -2.12. The molecule has 106 valence electrons. The fourth-order valence-corrected chi connectivity index (χ4v) is 2.60. The number of nitrogens with two attached hydrogens (primary N) is 1. The van der Waals surface area contributed by atoms with Crippen molar-refractivity contribution < 1.29 is 0 Å². The molecule has 0 amide bonds. The van der Waals surface area contributed by atoms with Gasteiger partial charge in [0, 0.05) is 30.1 Å². The summed E-state index contributed by atoms with van der Waals surface area (Å²) in [6.07, 6.45) is 5.56. The monoisotopic (exact) mass is 296 g/mol. The van der Waals surface area contributed by atoms with Crippen molar-refractivity contribution in [3.8, 4) is 11.3 Å². The summed E-state index contributed by atoms with van der Waals surface area (Å²) in [6, 6.07) is 7.96. The third-order valence-corrected chi connectivity index (χ3v) is 4.01. The molecule has 1 unspecified atom stereocenters. The van der Waals surface area contributed by atoms with Gasteiger partial charge in [-0.25, -0.2) is 4.98 Å². The zero-order chi connectivity index (χ0) is 15.0. The van der Waals surface area contributed by atoms with Crippen LogP contribution < -0.4 is 5.73 Å². The molecule has 0 bridgehead atoms. The molecule has 1 atom stereocenters. The Labute approximate surface area is 128 Å². The molecule has 0 radical (unpaired) electrons. The van der Waals surface area contributed by atoms with Crippen LogP contribution >= 0.6 is 12.2 Å². The fourth-order valence-electron chi connectivity index (χ4n) is 2.49. The first-order valence-corrected chi connectivity index (χ1v) is 7.17. The van der Waals surface area contributed by atoms with E-state index in [4.69, 9.17) is 22.9 Å². The highest BCUT2D eigenvalue weighted by molar-refractivity contribution is 7.80. The Morgan fingerprint density at radius 1 is 1.33 bits per heavy atom. The van der Waals surface area contributed by atoms with Crippen LogP contribution in [0.3, 0.4) is 0 Å². The number of hydrogen-bond acceptors (Lipinski definition) is 3. The quantitative estimate of drug-likeness (QED) is 0.755. The maximum atomic E-state index is 5.88. The summed E-state index contributed by atoms with van der Waals surface area (Å²) in [5, 5.41) is 0. The van der Waals surface area contributed by atoms with E-state index < -0.39 is 0 Å². The number of hydrogen-bond donors (Lipinski definition) is 1. The standard InChI is InChI=1S/C16H16N4S/c1-10-5-4-8-20-14(11(2)15(17)21)13(19-16(10)20)12-6-3-7-18-9-12/h3-9,11H,1-2H3,(H2,17,21). The van der Waals surface area contributed by atoms with E-state index in [0.717, 1.165) is 28.2 Å². The summed E-state index contributed by atoms with van der Waals surface area (Å²) >= 11 is 5.19. The molecule has 0 saturated carbocycles. The van der Waals surface area contributed by atoms with E-state index in [1.165, 1.54) is 0 Å². The Bertz CT molecular complexity index is 808. The molecule has 21 heavy (non-hydrogen) atoms. The van der Waals surface area contributed by atoms with E-state index in [-0.39, 0.29) is 5.92 Å². The third-order valence-electron chi connectivity index (χ3n) is 3.65. The van der Waals surface area contributed by atoms with Crippen LogP contribution in [0.25, 0.3) is 16.9 Å². The van der Waals surface area contributed by atoms with Gasteiger partial charge < -0.3 is 10.1 Å². The Kier molecular flexibility index (Phi) is 3.43. The Morgan fingerprint density at radius 3 is 2.81 bits per heavy atom. The number of nitrogens with zero attached hydrogens (tertiary/aromatic N) is 3. The lowest BCUT2D eigenvalue weighted by Crippen LogP contribution is -2.18. The average Bonchev–Trinajstić information content (AvgIpc) is 2.88. The van der Waals surface area contributed by atoms with E-state index in [0.29, 0.717) is 4.99 Å². The van der Waals surface area contributed by atoms with Crippen LogP contribution in [0.15, 0.2) is 42.9 Å². The first kappa shape index (κ1) is 13.7. The summed E-state index contributed by atoms with van der Waals surface area (Å²) in [5.74, 6) is -0.0630. The van der Waals surface area contributed by atoms with Gasteiger partial charge in [-0.05, 0) is 30.7 Å². The normalized spacial score (nSPS) is 12.5. The molecule has 0 aliphatic carbocycles. The minimum absolute atomic E-state index is 0.0630.